The summed E-state index contributed by atoms with van der Waals surface area (Å²) < 4.78 is 10.7. The van der Waals surface area contributed by atoms with Crippen molar-refractivity contribution >= 4 is 28.8 Å². The minimum atomic E-state index is -0.561. The van der Waals surface area contributed by atoms with Crippen LogP contribution in [0.3, 0.4) is 0 Å². The smallest absolute Gasteiger partial charge is 0.274 e. The number of aryl methyl sites for hydroxylation is 1. The first-order valence-electron chi connectivity index (χ1n) is 12.7. The lowest BCUT2D eigenvalue weighted by atomic mass is 9.85. The average molecular weight is 523 g/mol. The van der Waals surface area contributed by atoms with Crippen LogP contribution in [0.5, 0.6) is 11.5 Å². The summed E-state index contributed by atoms with van der Waals surface area (Å²) in [6.07, 6.45) is 4.06. The third-order valence-electron chi connectivity index (χ3n) is 8.11. The summed E-state index contributed by atoms with van der Waals surface area (Å²) in [4.78, 5) is 39.8. The van der Waals surface area contributed by atoms with Crippen molar-refractivity contribution in [2.45, 2.75) is 6.92 Å². The van der Waals surface area contributed by atoms with Crippen LogP contribution in [0.25, 0.3) is 5.57 Å². The zero-order valence-corrected chi connectivity index (χ0v) is 21.7. The number of imide groups is 1. The van der Waals surface area contributed by atoms with Crippen LogP contribution < -0.4 is 14.4 Å². The van der Waals surface area contributed by atoms with Crippen molar-refractivity contribution in [1.29, 1.82) is 0 Å². The first-order chi connectivity index (χ1) is 18.8. The molecule has 1 aliphatic heterocycles. The van der Waals surface area contributed by atoms with E-state index in [9.17, 15) is 19.7 Å². The molecule has 4 atom stereocenters. The van der Waals surface area contributed by atoms with Crippen LogP contribution in [0.2, 0.25) is 0 Å². The molecule has 2 amide bonds. The number of benzene rings is 3. The molecule has 0 unspecified atom stereocenters. The lowest BCUT2D eigenvalue weighted by molar-refractivity contribution is -0.385. The van der Waals surface area contributed by atoms with Crippen molar-refractivity contribution in [2.75, 3.05) is 19.1 Å². The SMILES string of the molecule is COc1ccc(C(=C2[C@H]3C=C[C@H]2[C@H]2C(=O)N(c4ccc(C)c([N+](=O)[O-])c4)C(=O)[C@@H]23)c2ccc(OC)cc2)cc1. The number of nitro benzene ring substituents is 1. The molecule has 0 aromatic heterocycles. The van der Waals surface area contributed by atoms with Crippen LogP contribution in [0.4, 0.5) is 11.4 Å². The van der Waals surface area contributed by atoms with Gasteiger partial charge >= 0.3 is 0 Å². The molecule has 2 aliphatic carbocycles. The van der Waals surface area contributed by atoms with Crippen molar-refractivity contribution in [3.63, 3.8) is 0 Å². The molecular weight excluding hydrogens is 496 g/mol. The molecule has 3 aromatic carbocycles. The maximum absolute atomic E-state index is 13.8. The molecule has 3 aliphatic rings. The number of nitrogens with zero attached hydrogens (tertiary/aromatic N) is 2. The van der Waals surface area contributed by atoms with Gasteiger partial charge in [0, 0.05) is 23.5 Å². The number of anilines is 1. The van der Waals surface area contributed by atoms with Gasteiger partial charge in [0.05, 0.1) is 36.7 Å². The van der Waals surface area contributed by atoms with Crippen molar-refractivity contribution in [3.05, 3.63) is 111 Å². The summed E-state index contributed by atoms with van der Waals surface area (Å²) >= 11 is 0. The van der Waals surface area contributed by atoms with Crippen LogP contribution in [-0.2, 0) is 9.59 Å². The third kappa shape index (κ3) is 3.74. The number of ether oxygens (including phenoxy) is 2. The summed E-state index contributed by atoms with van der Waals surface area (Å²) in [6.45, 7) is 1.63. The largest absolute Gasteiger partial charge is 0.497 e. The molecule has 0 N–H and O–H groups in total. The Morgan fingerprint density at radius 3 is 1.72 bits per heavy atom. The van der Waals surface area contributed by atoms with Crippen molar-refractivity contribution in [3.8, 4) is 11.5 Å². The molecule has 3 aromatic rings. The maximum atomic E-state index is 13.8. The summed E-state index contributed by atoms with van der Waals surface area (Å²) in [5.41, 5.74) is 4.53. The molecule has 6 rings (SSSR count). The monoisotopic (exact) mass is 522 g/mol. The average Bonchev–Trinajstić information content (AvgIpc) is 3.58. The van der Waals surface area contributed by atoms with Crippen molar-refractivity contribution in [1.82, 2.24) is 0 Å². The second-order valence-electron chi connectivity index (χ2n) is 10.0. The molecule has 1 saturated carbocycles. The van der Waals surface area contributed by atoms with Crippen LogP contribution >= 0.6 is 0 Å². The molecule has 0 radical (unpaired) electrons. The number of hydrogen-bond acceptors (Lipinski definition) is 6. The molecule has 1 heterocycles. The fourth-order valence-corrected chi connectivity index (χ4v) is 6.30. The fraction of sp³-hybridized carbons (Fsp3) is 0.226. The van der Waals surface area contributed by atoms with E-state index in [2.05, 4.69) is 0 Å². The highest BCUT2D eigenvalue weighted by molar-refractivity contribution is 6.23. The molecule has 8 nitrogen and oxygen atoms in total. The van der Waals surface area contributed by atoms with Gasteiger partial charge in [-0.15, -0.1) is 0 Å². The topological polar surface area (TPSA) is 99.0 Å². The lowest BCUT2D eigenvalue weighted by Gasteiger charge is -2.22. The maximum Gasteiger partial charge on any atom is 0.274 e. The predicted molar refractivity (Wildman–Crippen MR) is 145 cm³/mol. The second-order valence-corrected chi connectivity index (χ2v) is 10.0. The van der Waals surface area contributed by atoms with Gasteiger partial charge < -0.3 is 9.47 Å². The van der Waals surface area contributed by atoms with Gasteiger partial charge in [0.2, 0.25) is 11.8 Å². The molecule has 2 bridgehead atoms. The summed E-state index contributed by atoms with van der Waals surface area (Å²) in [5, 5.41) is 11.5. The van der Waals surface area contributed by atoms with E-state index in [4.69, 9.17) is 9.47 Å². The van der Waals surface area contributed by atoms with Crippen LogP contribution in [0, 0.1) is 40.7 Å². The van der Waals surface area contributed by atoms with Gasteiger partial charge in [0.15, 0.2) is 0 Å². The van der Waals surface area contributed by atoms with Crippen LogP contribution in [-0.4, -0.2) is 31.0 Å². The molecule has 196 valence electrons. The van der Waals surface area contributed by atoms with Gasteiger partial charge in [-0.1, -0.05) is 42.5 Å². The van der Waals surface area contributed by atoms with Gasteiger partial charge in [0.25, 0.3) is 5.69 Å². The number of amides is 2. The van der Waals surface area contributed by atoms with Gasteiger partial charge in [0.1, 0.15) is 11.5 Å². The number of allylic oxidation sites excluding steroid dienone is 3. The van der Waals surface area contributed by atoms with Gasteiger partial charge in [-0.25, -0.2) is 4.90 Å². The molecule has 1 saturated heterocycles. The summed E-state index contributed by atoms with van der Waals surface area (Å²) in [6, 6.07) is 20.0. The van der Waals surface area contributed by atoms with Gasteiger partial charge in [-0.2, -0.15) is 0 Å². The Labute approximate surface area is 225 Å². The highest BCUT2D eigenvalue weighted by Crippen LogP contribution is 2.59. The Morgan fingerprint density at radius 1 is 0.795 bits per heavy atom. The fourth-order valence-electron chi connectivity index (χ4n) is 6.30. The van der Waals surface area contributed by atoms with E-state index in [-0.39, 0.29) is 35.0 Å². The zero-order valence-electron chi connectivity index (χ0n) is 21.7. The minimum absolute atomic E-state index is 0.117. The molecule has 39 heavy (non-hydrogen) atoms. The number of methoxy groups -OCH3 is 2. The van der Waals surface area contributed by atoms with E-state index in [1.807, 2.05) is 60.7 Å². The van der Waals surface area contributed by atoms with E-state index < -0.39 is 16.8 Å². The van der Waals surface area contributed by atoms with Crippen molar-refractivity contribution < 1.29 is 24.0 Å². The standard InChI is InChI=1S/C31H26N2O6/c1-17-4-9-20(16-25(17)33(36)37)32-30(34)28-23-14-15-24(29(28)31(32)35)27(23)26(18-5-10-21(38-2)11-6-18)19-7-12-22(39-3)13-8-19/h4-16,23-24,28-29H,1-3H3/t23-,24-,28-,29-/m1/s1. The molecule has 8 heteroatoms. The van der Waals surface area contributed by atoms with E-state index in [1.165, 1.54) is 6.07 Å². The Hall–Kier alpha value is -4.72. The Kier molecular flexibility index (Phi) is 5.83. The number of fused-ring (bicyclic) bond motifs is 5. The minimum Gasteiger partial charge on any atom is -0.497 e. The molecular formula is C31H26N2O6. The van der Waals surface area contributed by atoms with Crippen LogP contribution in [0.15, 0.2) is 84.5 Å². The Morgan fingerprint density at radius 2 is 1.28 bits per heavy atom. The number of nitro groups is 1. The highest BCUT2D eigenvalue weighted by Gasteiger charge is 2.62. The summed E-state index contributed by atoms with van der Waals surface area (Å²) in [7, 11) is 3.23. The van der Waals surface area contributed by atoms with Gasteiger partial charge in [-0.3, -0.25) is 19.7 Å². The van der Waals surface area contributed by atoms with Gasteiger partial charge in [-0.05, 0) is 59.5 Å². The summed E-state index contributed by atoms with van der Waals surface area (Å²) in [5.74, 6) is -0.820. The quantitative estimate of drug-likeness (QED) is 0.187. The first kappa shape index (κ1) is 24.6. The Balaban J connectivity index is 1.46. The number of rotatable bonds is 6. The Bertz CT molecular complexity index is 1490. The number of carbonyl (C=O) groups excluding carboxylic acids is 2. The normalized spacial score (nSPS) is 22.8. The van der Waals surface area contributed by atoms with E-state index in [1.54, 1.807) is 33.3 Å². The molecule has 0 spiro atoms. The van der Waals surface area contributed by atoms with Crippen molar-refractivity contribution in [2.24, 2.45) is 23.7 Å². The van der Waals surface area contributed by atoms with Crippen LogP contribution in [0.1, 0.15) is 16.7 Å². The number of hydrogen-bond donors (Lipinski definition) is 0. The number of carbonyl (C=O) groups is 2. The van der Waals surface area contributed by atoms with E-state index in [0.717, 1.165) is 38.7 Å². The zero-order chi connectivity index (χ0) is 27.4. The first-order valence-corrected chi connectivity index (χ1v) is 12.7. The third-order valence-corrected chi connectivity index (χ3v) is 8.11. The predicted octanol–water partition coefficient (Wildman–Crippen LogP) is 5.34. The lowest BCUT2D eigenvalue weighted by Crippen LogP contribution is -2.33. The highest BCUT2D eigenvalue weighted by atomic mass is 16.6. The van der Waals surface area contributed by atoms with E-state index >= 15 is 0 Å². The van der Waals surface area contributed by atoms with E-state index in [0.29, 0.717) is 5.56 Å². The second kappa shape index (κ2) is 9.23. The molecule has 2 fully saturated rings.